The first kappa shape index (κ1) is 23.9. The summed E-state index contributed by atoms with van der Waals surface area (Å²) in [5.74, 6) is 0.188. The number of anilines is 1. The number of morpholine rings is 2. The molecule has 3 N–H and O–H groups in total. The normalized spacial score (nSPS) is 19.4. The minimum Gasteiger partial charge on any atom is -0.379 e. The highest BCUT2D eigenvalue weighted by atomic mass is 32.2. The maximum absolute atomic E-state index is 13.2. The van der Waals surface area contributed by atoms with Gasteiger partial charge in [-0.05, 0) is 30.5 Å². The van der Waals surface area contributed by atoms with Crippen molar-refractivity contribution in [2.45, 2.75) is 31.2 Å². The summed E-state index contributed by atoms with van der Waals surface area (Å²) in [5.41, 5.74) is 1.01. The van der Waals surface area contributed by atoms with Gasteiger partial charge in [-0.25, -0.2) is 13.6 Å². The predicted octanol–water partition coefficient (Wildman–Crippen LogP) is 0.647. The molecule has 0 spiro atoms. The zero-order valence-electron chi connectivity index (χ0n) is 18.4. The van der Waals surface area contributed by atoms with Crippen LogP contribution in [0.5, 0.6) is 0 Å². The average molecular weight is 455 g/mol. The van der Waals surface area contributed by atoms with Gasteiger partial charge in [0.15, 0.2) is 0 Å². The van der Waals surface area contributed by atoms with Gasteiger partial charge in [-0.1, -0.05) is 13.8 Å². The number of hydrogen-bond acceptors (Lipinski definition) is 7. The summed E-state index contributed by atoms with van der Waals surface area (Å²) in [6.07, 6.45) is 0.952. The Labute approximate surface area is 184 Å². The lowest BCUT2D eigenvalue weighted by Crippen LogP contribution is -2.49. The van der Waals surface area contributed by atoms with E-state index in [9.17, 15) is 13.2 Å². The lowest BCUT2D eigenvalue weighted by atomic mass is 10.0. The van der Waals surface area contributed by atoms with E-state index in [1.165, 1.54) is 12.1 Å². The zero-order chi connectivity index (χ0) is 22.4. The highest BCUT2D eigenvalue weighted by Gasteiger charge is 2.25. The van der Waals surface area contributed by atoms with E-state index in [0.717, 1.165) is 19.5 Å². The molecule has 0 radical (unpaired) electrons. The van der Waals surface area contributed by atoms with Crippen molar-refractivity contribution in [3.8, 4) is 0 Å². The predicted molar refractivity (Wildman–Crippen MR) is 119 cm³/mol. The maximum Gasteiger partial charge on any atom is 0.253 e. The molecule has 2 saturated heterocycles. The summed E-state index contributed by atoms with van der Waals surface area (Å²) in [7, 11) is -3.92. The Bertz CT molecular complexity index is 849. The summed E-state index contributed by atoms with van der Waals surface area (Å²) < 4.78 is 34.6. The molecular weight excluding hydrogens is 420 g/mol. The van der Waals surface area contributed by atoms with Crippen LogP contribution >= 0.6 is 0 Å². The molecule has 0 saturated carbocycles. The zero-order valence-corrected chi connectivity index (χ0v) is 19.2. The van der Waals surface area contributed by atoms with Crippen LogP contribution in [0.3, 0.4) is 0 Å². The van der Waals surface area contributed by atoms with E-state index in [1.807, 2.05) is 4.90 Å². The standard InChI is InChI=1S/C21H34N4O5S/c1-16(2)13-17(24-5-9-29-10-6-24)15-23-21(26)19-14-18(31(22,27)28)3-4-20(19)25-7-11-30-12-8-25/h3-4,14,16-17H,5-13,15H2,1-2H3,(H,23,26)(H2,22,27,28). The minimum absolute atomic E-state index is 0.0680. The van der Waals surface area contributed by atoms with Gasteiger partial charge in [0, 0.05) is 44.5 Å². The number of benzene rings is 1. The number of hydrogen-bond donors (Lipinski definition) is 2. The first-order valence-electron chi connectivity index (χ1n) is 10.8. The van der Waals surface area contributed by atoms with Gasteiger partial charge in [0.05, 0.1) is 36.9 Å². The number of amides is 1. The number of nitrogens with one attached hydrogen (secondary N) is 1. The fraction of sp³-hybridized carbons (Fsp3) is 0.667. The first-order chi connectivity index (χ1) is 14.8. The van der Waals surface area contributed by atoms with Gasteiger partial charge in [0.1, 0.15) is 0 Å². The third-order valence-corrected chi connectivity index (χ3v) is 6.61. The van der Waals surface area contributed by atoms with Gasteiger partial charge < -0.3 is 19.7 Å². The molecule has 9 nitrogen and oxygen atoms in total. The molecule has 0 aliphatic carbocycles. The van der Waals surface area contributed by atoms with Gasteiger partial charge in [-0.2, -0.15) is 0 Å². The van der Waals surface area contributed by atoms with Crippen molar-refractivity contribution < 1.29 is 22.7 Å². The van der Waals surface area contributed by atoms with Gasteiger partial charge in [0.25, 0.3) is 5.91 Å². The lowest BCUT2D eigenvalue weighted by Gasteiger charge is -2.35. The smallest absolute Gasteiger partial charge is 0.253 e. The molecule has 2 heterocycles. The summed E-state index contributed by atoms with van der Waals surface area (Å²) in [5, 5.41) is 8.36. The summed E-state index contributed by atoms with van der Waals surface area (Å²) in [6.45, 7) is 10.3. The summed E-state index contributed by atoms with van der Waals surface area (Å²) in [6, 6.07) is 4.68. The van der Waals surface area contributed by atoms with Crippen molar-refractivity contribution in [1.29, 1.82) is 0 Å². The second-order valence-corrected chi connectivity index (χ2v) is 10.0. The second kappa shape index (κ2) is 10.7. The van der Waals surface area contributed by atoms with Gasteiger partial charge >= 0.3 is 0 Å². The fourth-order valence-electron chi connectivity index (χ4n) is 4.11. The molecule has 10 heteroatoms. The Hall–Kier alpha value is -1.72. The van der Waals surface area contributed by atoms with E-state index >= 15 is 0 Å². The van der Waals surface area contributed by atoms with Crippen molar-refractivity contribution in [3.63, 3.8) is 0 Å². The Kier molecular flexibility index (Phi) is 8.29. The van der Waals surface area contributed by atoms with Gasteiger partial charge in [0.2, 0.25) is 10.0 Å². The summed E-state index contributed by atoms with van der Waals surface area (Å²) >= 11 is 0. The van der Waals surface area contributed by atoms with Crippen LogP contribution in [0.1, 0.15) is 30.6 Å². The Morgan fingerprint density at radius 1 is 1.10 bits per heavy atom. The number of sulfonamides is 1. The van der Waals surface area contributed by atoms with E-state index < -0.39 is 10.0 Å². The Balaban J connectivity index is 1.80. The molecule has 3 rings (SSSR count). The highest BCUT2D eigenvalue weighted by molar-refractivity contribution is 7.89. The fourth-order valence-corrected chi connectivity index (χ4v) is 4.65. The van der Waals surface area contributed by atoms with Crippen LogP contribution in [0, 0.1) is 5.92 Å². The Morgan fingerprint density at radius 3 is 2.29 bits per heavy atom. The van der Waals surface area contributed by atoms with Crippen molar-refractivity contribution in [2.75, 3.05) is 64.1 Å². The number of carbonyl (C=O) groups excluding carboxylic acids is 1. The van der Waals surface area contributed by atoms with Crippen molar-refractivity contribution in [3.05, 3.63) is 23.8 Å². The van der Waals surface area contributed by atoms with Crippen molar-refractivity contribution in [2.24, 2.45) is 11.1 Å². The topological polar surface area (TPSA) is 114 Å². The van der Waals surface area contributed by atoms with Crippen LogP contribution < -0.4 is 15.4 Å². The molecule has 1 aromatic carbocycles. The molecule has 0 aromatic heterocycles. The molecule has 1 aromatic rings. The largest absolute Gasteiger partial charge is 0.379 e. The number of rotatable bonds is 8. The number of carbonyl (C=O) groups is 1. The molecule has 1 amide bonds. The van der Waals surface area contributed by atoms with Crippen LogP contribution in [-0.2, 0) is 19.5 Å². The number of primary sulfonamides is 1. The molecule has 0 bridgehead atoms. The molecule has 1 atom stereocenters. The van der Waals surface area contributed by atoms with E-state index in [1.54, 1.807) is 6.07 Å². The SMILES string of the molecule is CC(C)CC(CNC(=O)c1cc(S(N)(=O)=O)ccc1N1CCOCC1)N1CCOCC1. The van der Waals surface area contributed by atoms with E-state index in [-0.39, 0.29) is 16.8 Å². The molecule has 31 heavy (non-hydrogen) atoms. The molecule has 1 unspecified atom stereocenters. The number of nitrogens with two attached hydrogens (primary N) is 1. The monoisotopic (exact) mass is 454 g/mol. The minimum atomic E-state index is -3.92. The maximum atomic E-state index is 13.2. The van der Waals surface area contributed by atoms with Crippen LogP contribution in [0.4, 0.5) is 5.69 Å². The molecule has 2 aliphatic rings. The highest BCUT2D eigenvalue weighted by Crippen LogP contribution is 2.25. The first-order valence-corrected chi connectivity index (χ1v) is 12.4. The van der Waals surface area contributed by atoms with Gasteiger partial charge in [-0.15, -0.1) is 0 Å². The van der Waals surface area contributed by atoms with Crippen LogP contribution in [0.25, 0.3) is 0 Å². The van der Waals surface area contributed by atoms with Crippen LogP contribution in [0.2, 0.25) is 0 Å². The van der Waals surface area contributed by atoms with E-state index in [0.29, 0.717) is 63.2 Å². The van der Waals surface area contributed by atoms with E-state index in [4.69, 9.17) is 14.6 Å². The quantitative estimate of drug-likeness (QED) is 0.593. The Morgan fingerprint density at radius 2 is 1.71 bits per heavy atom. The van der Waals surface area contributed by atoms with Crippen molar-refractivity contribution >= 4 is 21.6 Å². The number of nitrogens with zero attached hydrogens (tertiary/aromatic N) is 2. The van der Waals surface area contributed by atoms with Crippen LogP contribution in [-0.4, -0.2) is 84.4 Å². The lowest BCUT2D eigenvalue weighted by molar-refractivity contribution is 0.0124. The van der Waals surface area contributed by atoms with Gasteiger partial charge in [-0.3, -0.25) is 9.69 Å². The third kappa shape index (κ3) is 6.63. The average Bonchev–Trinajstić information content (AvgIpc) is 2.76. The number of ether oxygens (including phenoxy) is 2. The molecule has 2 aliphatic heterocycles. The summed E-state index contributed by atoms with van der Waals surface area (Å²) in [4.78, 5) is 17.5. The molecule has 2 fully saturated rings. The molecule has 174 valence electrons. The second-order valence-electron chi connectivity index (χ2n) is 8.47. The van der Waals surface area contributed by atoms with Crippen LogP contribution in [0.15, 0.2) is 23.1 Å². The molecular formula is C21H34N4O5S. The van der Waals surface area contributed by atoms with E-state index in [2.05, 4.69) is 24.1 Å². The third-order valence-electron chi connectivity index (χ3n) is 5.70. The van der Waals surface area contributed by atoms with Crippen molar-refractivity contribution in [1.82, 2.24) is 10.2 Å².